The van der Waals surface area contributed by atoms with Crippen molar-refractivity contribution in [2.75, 3.05) is 52.6 Å². The average molecular weight is 560 g/mol. The molecule has 4 atom stereocenters. The molecule has 180 valence electrons. The first-order chi connectivity index (χ1) is 15.2. The third-order valence-electron chi connectivity index (χ3n) is 6.94. The van der Waals surface area contributed by atoms with Crippen LogP contribution in [0.4, 0.5) is 0 Å². The Kier molecular flexibility index (Phi) is 9.78. The number of guanidine groups is 1. The number of allylic oxidation sites excluding steroid dienone is 2. The Hall–Kier alpha value is -1.20. The van der Waals surface area contributed by atoms with E-state index < -0.39 is 0 Å². The molecule has 2 amide bonds. The van der Waals surface area contributed by atoms with E-state index in [-0.39, 0.29) is 59.5 Å². The predicted molar refractivity (Wildman–Crippen MR) is 133 cm³/mol. The monoisotopic (exact) mass is 560 g/mol. The standard InChI is InChI=1S/C23H36N4O4.HI/c1-2-24-23(25-8-3-11-31-15-16-6-12-30-13-7-16)26-9-10-27-21(28)19-17-4-5-18(14-17)20(19)22(27)29;/h4-5,16-20H,2-3,6-15H2,1H3,(H2,24,25,26);1H. The van der Waals surface area contributed by atoms with Crippen molar-refractivity contribution >= 4 is 41.8 Å². The fourth-order valence-electron chi connectivity index (χ4n) is 5.33. The highest BCUT2D eigenvalue weighted by atomic mass is 127. The Labute approximate surface area is 208 Å². The number of nitrogens with zero attached hydrogens (tertiary/aromatic N) is 2. The van der Waals surface area contributed by atoms with Gasteiger partial charge in [-0.2, -0.15) is 0 Å². The summed E-state index contributed by atoms with van der Waals surface area (Å²) in [6.45, 7) is 7.56. The molecule has 2 bridgehead atoms. The molecule has 0 radical (unpaired) electrons. The van der Waals surface area contributed by atoms with Gasteiger partial charge in [-0.25, -0.2) is 0 Å². The molecule has 0 aromatic rings. The molecular weight excluding hydrogens is 523 g/mol. The Morgan fingerprint density at radius 2 is 1.84 bits per heavy atom. The first-order valence-corrected chi connectivity index (χ1v) is 11.9. The molecule has 2 saturated heterocycles. The van der Waals surface area contributed by atoms with E-state index in [9.17, 15) is 9.59 Å². The first kappa shape index (κ1) is 25.4. The minimum absolute atomic E-state index is 0. The number of halogens is 1. The zero-order valence-electron chi connectivity index (χ0n) is 19.0. The second-order valence-electron chi connectivity index (χ2n) is 9.00. The van der Waals surface area contributed by atoms with Gasteiger partial charge in [0.25, 0.3) is 0 Å². The lowest BCUT2D eigenvalue weighted by Crippen LogP contribution is -2.43. The van der Waals surface area contributed by atoms with E-state index in [1.807, 2.05) is 6.92 Å². The van der Waals surface area contributed by atoms with Crippen LogP contribution in [-0.2, 0) is 19.1 Å². The summed E-state index contributed by atoms with van der Waals surface area (Å²) in [5, 5.41) is 6.48. The quantitative estimate of drug-likeness (QED) is 0.106. The molecule has 9 heteroatoms. The van der Waals surface area contributed by atoms with Crippen LogP contribution in [0, 0.1) is 29.6 Å². The average Bonchev–Trinajstić information content (AvgIpc) is 3.46. The number of amides is 2. The molecule has 4 aliphatic rings. The molecule has 0 aromatic heterocycles. The first-order valence-electron chi connectivity index (χ1n) is 11.9. The van der Waals surface area contributed by atoms with Crippen LogP contribution >= 0.6 is 24.0 Å². The van der Waals surface area contributed by atoms with Crippen LogP contribution in [0.3, 0.4) is 0 Å². The van der Waals surface area contributed by atoms with Gasteiger partial charge in [0, 0.05) is 52.6 Å². The zero-order valence-corrected chi connectivity index (χ0v) is 21.3. The molecule has 4 unspecified atom stereocenters. The Morgan fingerprint density at radius 3 is 2.50 bits per heavy atom. The summed E-state index contributed by atoms with van der Waals surface area (Å²) in [5.41, 5.74) is 0. The Bertz CT molecular complexity index is 680. The Morgan fingerprint density at radius 1 is 1.16 bits per heavy atom. The van der Waals surface area contributed by atoms with Crippen LogP contribution in [0.5, 0.6) is 0 Å². The molecule has 0 aromatic carbocycles. The van der Waals surface area contributed by atoms with Gasteiger partial charge in [0.2, 0.25) is 11.8 Å². The summed E-state index contributed by atoms with van der Waals surface area (Å²) >= 11 is 0. The highest BCUT2D eigenvalue weighted by Gasteiger charge is 2.58. The lowest BCUT2D eigenvalue weighted by Gasteiger charge is -2.21. The number of nitrogens with one attached hydrogen (secondary N) is 2. The van der Waals surface area contributed by atoms with E-state index in [0.717, 1.165) is 52.0 Å². The van der Waals surface area contributed by atoms with Crippen molar-refractivity contribution in [3.8, 4) is 0 Å². The summed E-state index contributed by atoms with van der Waals surface area (Å²) in [6, 6.07) is 0. The van der Waals surface area contributed by atoms with Crippen molar-refractivity contribution in [3.63, 3.8) is 0 Å². The fraction of sp³-hybridized carbons (Fsp3) is 0.783. The molecule has 2 aliphatic heterocycles. The lowest BCUT2D eigenvalue weighted by molar-refractivity contribution is -0.140. The van der Waals surface area contributed by atoms with Gasteiger partial charge in [0.1, 0.15) is 0 Å². The summed E-state index contributed by atoms with van der Waals surface area (Å²) in [4.78, 5) is 31.6. The summed E-state index contributed by atoms with van der Waals surface area (Å²) in [5.74, 6) is 1.64. The van der Waals surface area contributed by atoms with Crippen LogP contribution in [-0.4, -0.2) is 75.3 Å². The highest BCUT2D eigenvalue weighted by Crippen LogP contribution is 2.52. The van der Waals surface area contributed by atoms with Gasteiger partial charge >= 0.3 is 0 Å². The third kappa shape index (κ3) is 5.83. The van der Waals surface area contributed by atoms with Crippen molar-refractivity contribution in [3.05, 3.63) is 12.2 Å². The maximum Gasteiger partial charge on any atom is 0.233 e. The summed E-state index contributed by atoms with van der Waals surface area (Å²) in [6.07, 6.45) is 8.27. The molecule has 2 aliphatic carbocycles. The van der Waals surface area contributed by atoms with Crippen molar-refractivity contribution in [2.24, 2.45) is 34.6 Å². The molecule has 2 N–H and O–H groups in total. The predicted octanol–water partition coefficient (Wildman–Crippen LogP) is 1.80. The van der Waals surface area contributed by atoms with Crippen molar-refractivity contribution < 1.29 is 19.1 Å². The number of hydrogen-bond acceptors (Lipinski definition) is 5. The van der Waals surface area contributed by atoms with Gasteiger partial charge < -0.3 is 20.1 Å². The largest absolute Gasteiger partial charge is 0.381 e. The number of rotatable bonds is 10. The third-order valence-corrected chi connectivity index (χ3v) is 6.94. The van der Waals surface area contributed by atoms with E-state index in [0.29, 0.717) is 38.1 Å². The minimum Gasteiger partial charge on any atom is -0.381 e. The summed E-state index contributed by atoms with van der Waals surface area (Å²) < 4.78 is 11.2. The number of imide groups is 1. The van der Waals surface area contributed by atoms with Gasteiger partial charge in [-0.3, -0.25) is 19.5 Å². The lowest BCUT2D eigenvalue weighted by atomic mass is 9.85. The maximum atomic E-state index is 12.8. The van der Waals surface area contributed by atoms with E-state index in [1.54, 1.807) is 0 Å². The SMILES string of the molecule is CCNC(=NCCCOCC1CCOCC1)NCCN1C(=O)C2C3C=CC(C3)C2C1=O.I. The number of carbonyl (C=O) groups is 2. The van der Waals surface area contributed by atoms with Crippen LogP contribution in [0.2, 0.25) is 0 Å². The number of hydrogen-bond donors (Lipinski definition) is 2. The van der Waals surface area contributed by atoms with Crippen LogP contribution < -0.4 is 10.6 Å². The van der Waals surface area contributed by atoms with Gasteiger partial charge in [-0.05, 0) is 50.4 Å². The number of aliphatic imine (C=N–C) groups is 1. The smallest absolute Gasteiger partial charge is 0.233 e. The van der Waals surface area contributed by atoms with Crippen molar-refractivity contribution in [2.45, 2.75) is 32.6 Å². The second-order valence-corrected chi connectivity index (χ2v) is 9.00. The molecular formula is C23H37IN4O4. The maximum absolute atomic E-state index is 12.8. The molecule has 0 spiro atoms. The van der Waals surface area contributed by atoms with Crippen molar-refractivity contribution in [1.82, 2.24) is 15.5 Å². The number of likely N-dealkylation sites (tertiary alicyclic amines) is 1. The van der Waals surface area contributed by atoms with Crippen molar-refractivity contribution in [1.29, 1.82) is 0 Å². The molecule has 8 nitrogen and oxygen atoms in total. The Balaban J connectivity index is 0.00000289. The highest BCUT2D eigenvalue weighted by molar-refractivity contribution is 14.0. The summed E-state index contributed by atoms with van der Waals surface area (Å²) in [7, 11) is 0. The topological polar surface area (TPSA) is 92.3 Å². The normalized spacial score (nSPS) is 29.4. The number of carbonyl (C=O) groups excluding carboxylic acids is 2. The molecule has 3 fully saturated rings. The van der Waals surface area contributed by atoms with Crippen LogP contribution in [0.25, 0.3) is 0 Å². The molecule has 1 saturated carbocycles. The molecule has 4 rings (SSSR count). The van der Waals surface area contributed by atoms with Gasteiger partial charge in [0.05, 0.1) is 11.8 Å². The van der Waals surface area contributed by atoms with E-state index in [1.165, 1.54) is 4.90 Å². The van der Waals surface area contributed by atoms with Crippen LogP contribution in [0.1, 0.15) is 32.6 Å². The van der Waals surface area contributed by atoms with Crippen LogP contribution in [0.15, 0.2) is 17.1 Å². The van der Waals surface area contributed by atoms with Gasteiger partial charge in [-0.15, -0.1) is 24.0 Å². The zero-order chi connectivity index (χ0) is 21.6. The van der Waals surface area contributed by atoms with Gasteiger partial charge in [-0.1, -0.05) is 12.2 Å². The number of ether oxygens (including phenoxy) is 2. The number of fused-ring (bicyclic) bond motifs is 5. The second kappa shape index (κ2) is 12.3. The molecule has 2 heterocycles. The van der Waals surface area contributed by atoms with Gasteiger partial charge in [0.15, 0.2) is 5.96 Å². The fourth-order valence-corrected chi connectivity index (χ4v) is 5.33. The molecule has 32 heavy (non-hydrogen) atoms. The van der Waals surface area contributed by atoms with E-state index in [2.05, 4.69) is 27.8 Å². The van der Waals surface area contributed by atoms with E-state index >= 15 is 0 Å². The van der Waals surface area contributed by atoms with E-state index in [4.69, 9.17) is 9.47 Å². The minimum atomic E-state index is -0.120.